The molecule has 1 heterocycles. The van der Waals surface area contributed by atoms with Crippen LogP contribution in [0.15, 0.2) is 0 Å². The van der Waals surface area contributed by atoms with Gasteiger partial charge in [-0.1, -0.05) is 20.8 Å². The Hall–Kier alpha value is -0.0800. The Morgan fingerprint density at radius 1 is 1.19 bits per heavy atom. The van der Waals surface area contributed by atoms with E-state index in [1.165, 1.54) is 12.8 Å². The van der Waals surface area contributed by atoms with Crippen molar-refractivity contribution >= 4 is 0 Å². The summed E-state index contributed by atoms with van der Waals surface area (Å²) in [6.07, 6.45) is 6.30. The fourth-order valence-electron chi connectivity index (χ4n) is 3.89. The molecule has 0 aromatic rings. The van der Waals surface area contributed by atoms with Crippen molar-refractivity contribution in [1.29, 1.82) is 0 Å². The molecule has 2 nitrogen and oxygen atoms in total. The third-order valence-electron chi connectivity index (χ3n) is 4.26. The van der Waals surface area contributed by atoms with Gasteiger partial charge in [-0.25, -0.2) is 0 Å². The van der Waals surface area contributed by atoms with Crippen molar-refractivity contribution < 1.29 is 9.84 Å². The van der Waals surface area contributed by atoms with Gasteiger partial charge in [0.05, 0.1) is 11.7 Å². The average molecular weight is 226 g/mol. The lowest BCUT2D eigenvalue weighted by Gasteiger charge is -2.42. The molecule has 2 aliphatic rings. The molecule has 0 bridgehead atoms. The summed E-state index contributed by atoms with van der Waals surface area (Å²) in [4.78, 5) is 0. The number of aliphatic hydroxyl groups is 1. The molecule has 94 valence electrons. The molecule has 1 aliphatic carbocycles. The molecule has 1 saturated heterocycles. The highest BCUT2D eigenvalue weighted by atomic mass is 16.5. The Morgan fingerprint density at radius 2 is 1.94 bits per heavy atom. The summed E-state index contributed by atoms with van der Waals surface area (Å²) in [5.74, 6) is 0.789. The van der Waals surface area contributed by atoms with Crippen molar-refractivity contribution in [2.24, 2.45) is 11.3 Å². The van der Waals surface area contributed by atoms with Crippen LogP contribution in [0.1, 0.15) is 59.3 Å². The monoisotopic (exact) mass is 226 g/mol. The van der Waals surface area contributed by atoms with Crippen molar-refractivity contribution in [2.75, 3.05) is 6.61 Å². The molecule has 1 spiro atoms. The molecule has 0 aromatic carbocycles. The van der Waals surface area contributed by atoms with Gasteiger partial charge in [0.2, 0.25) is 0 Å². The van der Waals surface area contributed by atoms with Gasteiger partial charge in [-0.3, -0.25) is 0 Å². The summed E-state index contributed by atoms with van der Waals surface area (Å²) in [7, 11) is 0. The summed E-state index contributed by atoms with van der Waals surface area (Å²) < 4.78 is 6.08. The molecule has 0 amide bonds. The van der Waals surface area contributed by atoms with E-state index in [0.717, 1.165) is 38.2 Å². The fraction of sp³-hybridized carbons (Fsp3) is 1.00. The summed E-state index contributed by atoms with van der Waals surface area (Å²) >= 11 is 0. The topological polar surface area (TPSA) is 29.5 Å². The molecule has 16 heavy (non-hydrogen) atoms. The zero-order valence-electron chi connectivity index (χ0n) is 11.0. The maximum atomic E-state index is 9.87. The van der Waals surface area contributed by atoms with E-state index in [9.17, 15) is 5.11 Å². The first-order valence-corrected chi connectivity index (χ1v) is 6.73. The SMILES string of the molecule is CC1CCC2(CC(O)CCO2)CC(C)(C)C1. The molecule has 1 aliphatic heterocycles. The minimum atomic E-state index is -0.141. The molecule has 3 unspecified atom stereocenters. The van der Waals surface area contributed by atoms with Gasteiger partial charge in [0.1, 0.15) is 0 Å². The quantitative estimate of drug-likeness (QED) is 0.687. The minimum Gasteiger partial charge on any atom is -0.393 e. The second-order valence-electron chi connectivity index (χ2n) is 6.87. The Morgan fingerprint density at radius 3 is 2.62 bits per heavy atom. The zero-order valence-corrected chi connectivity index (χ0v) is 11.0. The number of ether oxygens (including phenoxy) is 1. The summed E-state index contributed by atoms with van der Waals surface area (Å²) in [5, 5.41) is 9.87. The van der Waals surface area contributed by atoms with Crippen LogP contribution in [-0.2, 0) is 4.74 Å². The first kappa shape index (κ1) is 12.4. The molecule has 2 rings (SSSR count). The molecule has 2 fully saturated rings. The van der Waals surface area contributed by atoms with E-state index in [1.807, 2.05) is 0 Å². The van der Waals surface area contributed by atoms with Crippen LogP contribution < -0.4 is 0 Å². The molecular weight excluding hydrogens is 200 g/mol. The van der Waals surface area contributed by atoms with E-state index in [1.54, 1.807) is 0 Å². The van der Waals surface area contributed by atoms with Gasteiger partial charge in [0.25, 0.3) is 0 Å². The largest absolute Gasteiger partial charge is 0.393 e. The van der Waals surface area contributed by atoms with Gasteiger partial charge in [0, 0.05) is 13.0 Å². The number of hydrogen-bond donors (Lipinski definition) is 1. The van der Waals surface area contributed by atoms with Crippen LogP contribution in [0.5, 0.6) is 0 Å². The fourth-order valence-corrected chi connectivity index (χ4v) is 3.89. The molecule has 0 aromatic heterocycles. The molecule has 0 radical (unpaired) electrons. The minimum absolute atomic E-state index is 0.0219. The van der Waals surface area contributed by atoms with Crippen molar-refractivity contribution in [1.82, 2.24) is 0 Å². The maximum Gasteiger partial charge on any atom is 0.0712 e. The average Bonchev–Trinajstić information content (AvgIpc) is 2.22. The van der Waals surface area contributed by atoms with Gasteiger partial charge in [-0.15, -0.1) is 0 Å². The second-order valence-corrected chi connectivity index (χ2v) is 6.87. The molecule has 3 atom stereocenters. The van der Waals surface area contributed by atoms with Crippen LogP contribution in [0, 0.1) is 11.3 Å². The van der Waals surface area contributed by atoms with E-state index in [2.05, 4.69) is 20.8 Å². The van der Waals surface area contributed by atoms with Crippen LogP contribution in [0.2, 0.25) is 0 Å². The number of aliphatic hydroxyl groups excluding tert-OH is 1. The summed E-state index contributed by atoms with van der Waals surface area (Å²) in [5.41, 5.74) is 0.332. The van der Waals surface area contributed by atoms with Crippen molar-refractivity contribution in [3.8, 4) is 0 Å². The summed E-state index contributed by atoms with van der Waals surface area (Å²) in [6.45, 7) is 7.79. The lowest BCUT2D eigenvalue weighted by molar-refractivity contribution is -0.136. The van der Waals surface area contributed by atoms with Crippen LogP contribution >= 0.6 is 0 Å². The smallest absolute Gasteiger partial charge is 0.0712 e. The van der Waals surface area contributed by atoms with Gasteiger partial charge >= 0.3 is 0 Å². The van der Waals surface area contributed by atoms with Gasteiger partial charge < -0.3 is 9.84 Å². The van der Waals surface area contributed by atoms with E-state index < -0.39 is 0 Å². The summed E-state index contributed by atoms with van der Waals surface area (Å²) in [6, 6.07) is 0. The zero-order chi connectivity index (χ0) is 11.8. The molecule has 1 saturated carbocycles. The molecule has 2 heteroatoms. The Kier molecular flexibility index (Phi) is 3.33. The van der Waals surface area contributed by atoms with Crippen LogP contribution in [0.25, 0.3) is 0 Å². The van der Waals surface area contributed by atoms with Gasteiger partial charge in [0.15, 0.2) is 0 Å². The first-order chi connectivity index (χ1) is 7.41. The highest BCUT2D eigenvalue weighted by molar-refractivity contribution is 4.95. The predicted octanol–water partition coefficient (Wildman–Crippen LogP) is 3.13. The van der Waals surface area contributed by atoms with Crippen molar-refractivity contribution in [3.63, 3.8) is 0 Å². The van der Waals surface area contributed by atoms with Gasteiger partial charge in [-0.2, -0.15) is 0 Å². The van der Waals surface area contributed by atoms with E-state index in [-0.39, 0.29) is 11.7 Å². The van der Waals surface area contributed by atoms with Crippen LogP contribution in [0.4, 0.5) is 0 Å². The Bertz CT molecular complexity index is 249. The van der Waals surface area contributed by atoms with E-state index >= 15 is 0 Å². The highest BCUT2D eigenvalue weighted by Crippen LogP contribution is 2.46. The predicted molar refractivity (Wildman–Crippen MR) is 65.3 cm³/mol. The normalized spacial score (nSPS) is 44.2. The van der Waals surface area contributed by atoms with Crippen molar-refractivity contribution in [3.05, 3.63) is 0 Å². The molecule has 1 N–H and O–H groups in total. The number of hydrogen-bond acceptors (Lipinski definition) is 2. The Labute approximate surface area is 99.4 Å². The van der Waals surface area contributed by atoms with E-state index in [0.29, 0.717) is 5.41 Å². The van der Waals surface area contributed by atoms with Gasteiger partial charge in [-0.05, 0) is 43.4 Å². The maximum absolute atomic E-state index is 9.87. The van der Waals surface area contributed by atoms with Crippen molar-refractivity contribution in [2.45, 2.75) is 71.0 Å². The third kappa shape index (κ3) is 2.78. The highest BCUT2D eigenvalue weighted by Gasteiger charge is 2.43. The lowest BCUT2D eigenvalue weighted by Crippen LogP contribution is -2.44. The second kappa shape index (κ2) is 4.30. The lowest BCUT2D eigenvalue weighted by atomic mass is 9.75. The number of rotatable bonds is 0. The first-order valence-electron chi connectivity index (χ1n) is 6.73. The third-order valence-corrected chi connectivity index (χ3v) is 4.26. The standard InChI is InChI=1S/C14H26O2/c1-11-4-6-14(10-13(2,3)8-11)9-12(15)5-7-16-14/h11-12,15H,4-10H2,1-3H3. The molecular formula is C14H26O2. The van der Waals surface area contributed by atoms with E-state index in [4.69, 9.17) is 4.74 Å². The van der Waals surface area contributed by atoms with Crippen LogP contribution in [-0.4, -0.2) is 23.4 Å². The van der Waals surface area contributed by atoms with Crippen LogP contribution in [0.3, 0.4) is 0 Å². The Balaban J connectivity index is 2.13.